The van der Waals surface area contributed by atoms with Crippen molar-refractivity contribution < 1.29 is 9.59 Å². The van der Waals surface area contributed by atoms with E-state index in [1.165, 1.54) is 25.9 Å². The number of pyridine rings is 1. The maximum absolute atomic E-state index is 12.4. The van der Waals surface area contributed by atoms with Crippen molar-refractivity contribution in [3.8, 4) is 6.19 Å². The summed E-state index contributed by atoms with van der Waals surface area (Å²) in [6.45, 7) is 0. The van der Waals surface area contributed by atoms with E-state index >= 15 is 0 Å². The lowest BCUT2D eigenvalue weighted by atomic mass is 9.84. The SMILES string of the molecule is CN(C#N)C(=O)[C@H](CC1CCCCC1)NC(=O)c1ccncc1. The van der Waals surface area contributed by atoms with Crippen LogP contribution in [0.2, 0.25) is 0 Å². The van der Waals surface area contributed by atoms with Crippen LogP contribution in [0.1, 0.15) is 48.9 Å². The molecule has 0 aliphatic heterocycles. The first kappa shape index (κ1) is 16.9. The van der Waals surface area contributed by atoms with Crippen LogP contribution in [0.15, 0.2) is 24.5 Å². The van der Waals surface area contributed by atoms with Crippen molar-refractivity contribution in [2.75, 3.05) is 7.05 Å². The molecule has 0 bridgehead atoms. The largest absolute Gasteiger partial charge is 0.340 e. The third kappa shape index (κ3) is 4.78. The lowest BCUT2D eigenvalue weighted by molar-refractivity contribution is -0.129. The third-order valence-corrected chi connectivity index (χ3v) is 4.32. The molecule has 122 valence electrons. The lowest BCUT2D eigenvalue weighted by Crippen LogP contribution is -2.47. The second-order valence-corrected chi connectivity index (χ2v) is 6.00. The van der Waals surface area contributed by atoms with Crippen molar-refractivity contribution in [1.82, 2.24) is 15.2 Å². The third-order valence-electron chi connectivity index (χ3n) is 4.32. The number of amides is 2. The molecule has 1 heterocycles. The minimum absolute atomic E-state index is 0.312. The molecule has 1 aliphatic rings. The van der Waals surface area contributed by atoms with Crippen LogP contribution in [0.5, 0.6) is 0 Å². The fourth-order valence-corrected chi connectivity index (χ4v) is 3.01. The molecular formula is C17H22N4O2. The standard InChI is InChI=1S/C17H22N4O2/c1-21(12-18)17(23)15(11-13-5-3-2-4-6-13)20-16(22)14-7-9-19-10-8-14/h7-10,13,15H,2-6,11H2,1H3,(H,20,22)/t15-/m0/s1. The van der Waals surface area contributed by atoms with Gasteiger partial charge in [-0.25, -0.2) is 0 Å². The van der Waals surface area contributed by atoms with Crippen LogP contribution in [0, 0.1) is 17.4 Å². The first-order chi connectivity index (χ1) is 11.1. The molecule has 6 nitrogen and oxygen atoms in total. The molecule has 0 radical (unpaired) electrons. The van der Waals surface area contributed by atoms with Gasteiger partial charge in [-0.05, 0) is 24.5 Å². The molecule has 0 saturated heterocycles. The molecule has 1 saturated carbocycles. The van der Waals surface area contributed by atoms with Gasteiger partial charge in [0.15, 0.2) is 6.19 Å². The van der Waals surface area contributed by atoms with Gasteiger partial charge in [0, 0.05) is 25.0 Å². The smallest absolute Gasteiger partial charge is 0.257 e. The highest BCUT2D eigenvalue weighted by molar-refractivity contribution is 5.97. The van der Waals surface area contributed by atoms with Crippen LogP contribution in [0.25, 0.3) is 0 Å². The fraction of sp³-hybridized carbons (Fsp3) is 0.529. The number of nitrogens with one attached hydrogen (secondary N) is 1. The molecule has 1 aliphatic carbocycles. The Hall–Kier alpha value is -2.42. The minimum Gasteiger partial charge on any atom is -0.340 e. The molecule has 1 N–H and O–H groups in total. The number of carbonyl (C=O) groups excluding carboxylic acids is 2. The minimum atomic E-state index is -0.664. The average Bonchev–Trinajstić information content (AvgIpc) is 2.61. The van der Waals surface area contributed by atoms with Crippen LogP contribution in [-0.2, 0) is 4.79 Å². The van der Waals surface area contributed by atoms with E-state index in [1.54, 1.807) is 12.1 Å². The molecule has 2 amide bonds. The van der Waals surface area contributed by atoms with E-state index in [2.05, 4.69) is 10.3 Å². The van der Waals surface area contributed by atoms with Crippen molar-refractivity contribution in [2.24, 2.45) is 5.92 Å². The summed E-state index contributed by atoms with van der Waals surface area (Å²) in [5.74, 6) is -0.254. The van der Waals surface area contributed by atoms with Gasteiger partial charge in [-0.15, -0.1) is 0 Å². The van der Waals surface area contributed by atoms with E-state index in [9.17, 15) is 9.59 Å². The van der Waals surface area contributed by atoms with Crippen LogP contribution in [-0.4, -0.2) is 34.8 Å². The Balaban J connectivity index is 2.07. The van der Waals surface area contributed by atoms with E-state index in [-0.39, 0.29) is 11.8 Å². The monoisotopic (exact) mass is 314 g/mol. The Bertz CT molecular complexity index is 576. The zero-order valence-corrected chi connectivity index (χ0v) is 13.4. The molecule has 1 aromatic heterocycles. The summed E-state index contributed by atoms with van der Waals surface area (Å²) in [7, 11) is 1.43. The van der Waals surface area contributed by atoms with Crippen molar-refractivity contribution in [3.63, 3.8) is 0 Å². The number of likely N-dealkylation sites (N-methyl/N-ethyl adjacent to an activating group) is 1. The maximum Gasteiger partial charge on any atom is 0.257 e. The summed E-state index contributed by atoms with van der Waals surface area (Å²) in [6.07, 6.45) is 11.2. The van der Waals surface area contributed by atoms with E-state index in [4.69, 9.17) is 5.26 Å². The zero-order chi connectivity index (χ0) is 16.7. The van der Waals surface area contributed by atoms with Crippen LogP contribution < -0.4 is 5.32 Å². The highest BCUT2D eigenvalue weighted by Gasteiger charge is 2.28. The van der Waals surface area contributed by atoms with Gasteiger partial charge in [-0.3, -0.25) is 19.5 Å². The summed E-state index contributed by atoms with van der Waals surface area (Å²) < 4.78 is 0. The quantitative estimate of drug-likeness (QED) is 0.666. The number of aromatic nitrogens is 1. The van der Waals surface area contributed by atoms with Gasteiger partial charge in [-0.1, -0.05) is 32.1 Å². The number of carbonyl (C=O) groups is 2. The summed E-state index contributed by atoms with van der Waals surface area (Å²) >= 11 is 0. The Morgan fingerprint density at radius 3 is 2.61 bits per heavy atom. The number of rotatable bonds is 5. The first-order valence-electron chi connectivity index (χ1n) is 8.00. The van der Waals surface area contributed by atoms with Crippen LogP contribution in [0.3, 0.4) is 0 Å². The van der Waals surface area contributed by atoms with E-state index in [0.29, 0.717) is 17.9 Å². The van der Waals surface area contributed by atoms with Gasteiger partial charge in [-0.2, -0.15) is 5.26 Å². The van der Waals surface area contributed by atoms with Crippen molar-refractivity contribution in [3.05, 3.63) is 30.1 Å². The predicted molar refractivity (Wildman–Crippen MR) is 85.1 cm³/mol. The van der Waals surface area contributed by atoms with Crippen LogP contribution in [0.4, 0.5) is 0 Å². The Labute approximate surface area is 136 Å². The molecular weight excluding hydrogens is 292 g/mol. The first-order valence-corrected chi connectivity index (χ1v) is 8.00. The Morgan fingerprint density at radius 1 is 1.35 bits per heavy atom. The van der Waals surface area contributed by atoms with E-state index in [0.717, 1.165) is 30.6 Å². The second-order valence-electron chi connectivity index (χ2n) is 6.00. The molecule has 0 spiro atoms. The summed E-state index contributed by atoms with van der Waals surface area (Å²) in [6, 6.07) is 2.54. The second kappa shape index (κ2) is 8.28. The zero-order valence-electron chi connectivity index (χ0n) is 13.4. The molecule has 1 fully saturated rings. The van der Waals surface area contributed by atoms with Gasteiger partial charge < -0.3 is 5.32 Å². The number of hydrogen-bond donors (Lipinski definition) is 1. The van der Waals surface area contributed by atoms with Gasteiger partial charge in [0.1, 0.15) is 6.04 Å². The number of nitriles is 1. The molecule has 2 rings (SSSR count). The average molecular weight is 314 g/mol. The molecule has 0 aromatic carbocycles. The molecule has 1 atom stereocenters. The van der Waals surface area contributed by atoms with Crippen molar-refractivity contribution in [1.29, 1.82) is 5.26 Å². The van der Waals surface area contributed by atoms with Gasteiger partial charge in [0.2, 0.25) is 0 Å². The maximum atomic E-state index is 12.4. The van der Waals surface area contributed by atoms with Gasteiger partial charge in [0.05, 0.1) is 0 Å². The summed E-state index contributed by atoms with van der Waals surface area (Å²) in [4.78, 5) is 29.6. The van der Waals surface area contributed by atoms with E-state index in [1.807, 2.05) is 6.19 Å². The van der Waals surface area contributed by atoms with Crippen molar-refractivity contribution >= 4 is 11.8 Å². The number of hydrogen-bond acceptors (Lipinski definition) is 4. The van der Waals surface area contributed by atoms with E-state index < -0.39 is 6.04 Å². The predicted octanol–water partition coefficient (Wildman–Crippen LogP) is 2.09. The normalized spacial score (nSPS) is 16.2. The lowest BCUT2D eigenvalue weighted by Gasteiger charge is -2.27. The molecule has 23 heavy (non-hydrogen) atoms. The molecule has 0 unspecified atom stereocenters. The molecule has 6 heteroatoms. The summed E-state index contributed by atoms with van der Waals surface area (Å²) in [5.41, 5.74) is 0.459. The van der Waals surface area contributed by atoms with Crippen LogP contribution >= 0.6 is 0 Å². The van der Waals surface area contributed by atoms with Crippen molar-refractivity contribution in [2.45, 2.75) is 44.6 Å². The fourth-order valence-electron chi connectivity index (χ4n) is 3.01. The topological polar surface area (TPSA) is 86.1 Å². The number of nitrogens with zero attached hydrogens (tertiary/aromatic N) is 3. The highest BCUT2D eigenvalue weighted by Crippen LogP contribution is 2.27. The van der Waals surface area contributed by atoms with Gasteiger partial charge in [0.25, 0.3) is 11.8 Å². The Morgan fingerprint density at radius 2 is 2.00 bits per heavy atom. The highest BCUT2D eigenvalue weighted by atomic mass is 16.2. The summed E-state index contributed by atoms with van der Waals surface area (Å²) in [5, 5.41) is 11.7. The molecule has 1 aromatic rings. The van der Waals surface area contributed by atoms with Gasteiger partial charge >= 0.3 is 0 Å². The Kier molecular flexibility index (Phi) is 6.10.